The molecule has 1 aliphatic carbocycles. The fourth-order valence-electron chi connectivity index (χ4n) is 3.11. The highest BCUT2D eigenvalue weighted by Crippen LogP contribution is 2.26. The zero-order chi connectivity index (χ0) is 15.7. The lowest BCUT2D eigenvalue weighted by atomic mass is 9.86. The van der Waals surface area contributed by atoms with E-state index in [-0.39, 0.29) is 17.3 Å². The molecule has 0 spiro atoms. The summed E-state index contributed by atoms with van der Waals surface area (Å²) in [7, 11) is 1.79. The van der Waals surface area contributed by atoms with E-state index in [1.54, 1.807) is 17.8 Å². The van der Waals surface area contributed by atoms with Crippen LogP contribution in [0, 0.1) is 11.7 Å². The van der Waals surface area contributed by atoms with Crippen LogP contribution < -0.4 is 16.5 Å². The molecule has 2 heterocycles. The second kappa shape index (κ2) is 6.04. The number of fused-ring (bicyclic) bond motifs is 1. The first-order valence-corrected chi connectivity index (χ1v) is 7.71. The molecule has 0 saturated heterocycles. The van der Waals surface area contributed by atoms with Gasteiger partial charge in [0.05, 0.1) is 5.39 Å². The van der Waals surface area contributed by atoms with Crippen molar-refractivity contribution in [1.82, 2.24) is 9.55 Å². The van der Waals surface area contributed by atoms with Crippen LogP contribution in [0.3, 0.4) is 0 Å². The third kappa shape index (κ3) is 2.83. The SMILES string of the molecule is Cn1ccc(=O)c2cc(F)c(NC3CCC(CN)CC3)nc21. The van der Waals surface area contributed by atoms with Crippen LogP contribution in [-0.4, -0.2) is 22.1 Å². The summed E-state index contributed by atoms with van der Waals surface area (Å²) in [4.78, 5) is 16.1. The van der Waals surface area contributed by atoms with E-state index in [1.807, 2.05) is 0 Å². The van der Waals surface area contributed by atoms with Gasteiger partial charge < -0.3 is 15.6 Å². The molecule has 1 fully saturated rings. The van der Waals surface area contributed by atoms with Crippen molar-refractivity contribution >= 4 is 16.9 Å². The van der Waals surface area contributed by atoms with Gasteiger partial charge in [0.25, 0.3) is 0 Å². The average Bonchev–Trinajstić information content (AvgIpc) is 2.53. The molecule has 118 valence electrons. The Balaban J connectivity index is 1.87. The van der Waals surface area contributed by atoms with E-state index >= 15 is 0 Å². The van der Waals surface area contributed by atoms with E-state index in [0.29, 0.717) is 17.0 Å². The summed E-state index contributed by atoms with van der Waals surface area (Å²) in [6.45, 7) is 0.720. The maximum atomic E-state index is 14.2. The molecule has 0 aromatic carbocycles. The number of nitrogens with one attached hydrogen (secondary N) is 1. The van der Waals surface area contributed by atoms with Crippen molar-refractivity contribution in [2.75, 3.05) is 11.9 Å². The minimum Gasteiger partial charge on any atom is -0.365 e. The summed E-state index contributed by atoms with van der Waals surface area (Å²) in [5.74, 6) is 0.329. The number of rotatable bonds is 3. The summed E-state index contributed by atoms with van der Waals surface area (Å²) in [5.41, 5.74) is 5.97. The number of hydrogen-bond donors (Lipinski definition) is 2. The van der Waals surface area contributed by atoms with E-state index in [1.165, 1.54) is 12.1 Å². The van der Waals surface area contributed by atoms with E-state index < -0.39 is 5.82 Å². The Morgan fingerprint density at radius 1 is 1.41 bits per heavy atom. The first-order valence-electron chi connectivity index (χ1n) is 7.71. The number of hydrogen-bond acceptors (Lipinski definition) is 4. The van der Waals surface area contributed by atoms with Crippen LogP contribution in [0.1, 0.15) is 25.7 Å². The van der Waals surface area contributed by atoms with Crippen molar-refractivity contribution in [3.63, 3.8) is 0 Å². The van der Waals surface area contributed by atoms with Crippen molar-refractivity contribution in [3.8, 4) is 0 Å². The van der Waals surface area contributed by atoms with Gasteiger partial charge in [0, 0.05) is 25.4 Å². The van der Waals surface area contributed by atoms with E-state index in [0.717, 1.165) is 32.2 Å². The lowest BCUT2D eigenvalue weighted by molar-refractivity contribution is 0.344. The standard InChI is InChI=1S/C16H21FN4O/c1-21-7-6-14(22)12-8-13(17)15(20-16(12)21)19-11-4-2-10(9-18)3-5-11/h6-8,10-11H,2-5,9,18H2,1H3,(H,19,20). The molecule has 0 radical (unpaired) electrons. The monoisotopic (exact) mass is 304 g/mol. The second-order valence-corrected chi connectivity index (χ2v) is 6.08. The molecule has 0 bridgehead atoms. The summed E-state index contributed by atoms with van der Waals surface area (Å²) < 4.78 is 16.0. The lowest BCUT2D eigenvalue weighted by Crippen LogP contribution is -2.29. The molecule has 1 saturated carbocycles. The van der Waals surface area contributed by atoms with Gasteiger partial charge in [-0.25, -0.2) is 9.37 Å². The van der Waals surface area contributed by atoms with Gasteiger partial charge in [-0.3, -0.25) is 4.79 Å². The number of nitrogens with two attached hydrogens (primary N) is 1. The van der Waals surface area contributed by atoms with Crippen LogP contribution in [0.25, 0.3) is 11.0 Å². The predicted molar refractivity (Wildman–Crippen MR) is 85.4 cm³/mol. The third-order valence-electron chi connectivity index (χ3n) is 4.53. The minimum atomic E-state index is -0.475. The summed E-state index contributed by atoms with van der Waals surface area (Å²) >= 11 is 0. The quantitative estimate of drug-likeness (QED) is 0.909. The highest BCUT2D eigenvalue weighted by molar-refractivity contribution is 5.77. The molecule has 3 N–H and O–H groups in total. The van der Waals surface area contributed by atoms with Crippen molar-refractivity contribution in [2.45, 2.75) is 31.7 Å². The van der Waals surface area contributed by atoms with E-state index in [4.69, 9.17) is 5.73 Å². The first kappa shape index (κ1) is 15.0. The van der Waals surface area contributed by atoms with Crippen molar-refractivity contribution < 1.29 is 4.39 Å². The number of anilines is 1. The normalized spacial score (nSPS) is 22.0. The Hall–Kier alpha value is -1.95. The molecule has 0 atom stereocenters. The second-order valence-electron chi connectivity index (χ2n) is 6.08. The molecule has 0 aliphatic heterocycles. The van der Waals surface area contributed by atoms with Crippen LogP contribution in [0.4, 0.5) is 10.2 Å². The first-order chi connectivity index (χ1) is 10.6. The highest BCUT2D eigenvalue weighted by Gasteiger charge is 2.21. The number of halogens is 1. The maximum Gasteiger partial charge on any atom is 0.191 e. The molecule has 2 aromatic heterocycles. The molecule has 2 aromatic rings. The Morgan fingerprint density at radius 3 is 2.82 bits per heavy atom. The van der Waals surface area contributed by atoms with Crippen molar-refractivity contribution in [3.05, 3.63) is 34.4 Å². The molecule has 3 rings (SSSR count). The molecular formula is C16H21FN4O. The van der Waals surface area contributed by atoms with Crippen LogP contribution in [0.5, 0.6) is 0 Å². The summed E-state index contributed by atoms with van der Waals surface area (Å²) in [5, 5.41) is 3.50. The topological polar surface area (TPSA) is 72.9 Å². The van der Waals surface area contributed by atoms with Gasteiger partial charge >= 0.3 is 0 Å². The van der Waals surface area contributed by atoms with Gasteiger partial charge in [0.15, 0.2) is 17.1 Å². The Morgan fingerprint density at radius 2 is 2.14 bits per heavy atom. The highest BCUT2D eigenvalue weighted by atomic mass is 19.1. The summed E-state index contributed by atoms with van der Waals surface area (Å²) in [6.07, 6.45) is 5.69. The van der Waals surface area contributed by atoms with Gasteiger partial charge in [-0.1, -0.05) is 0 Å². The van der Waals surface area contributed by atoms with Crippen LogP contribution >= 0.6 is 0 Å². The van der Waals surface area contributed by atoms with Crippen molar-refractivity contribution in [2.24, 2.45) is 18.7 Å². The van der Waals surface area contributed by atoms with Crippen molar-refractivity contribution in [1.29, 1.82) is 0 Å². The van der Waals surface area contributed by atoms with Gasteiger partial charge in [0.2, 0.25) is 0 Å². The molecular weight excluding hydrogens is 283 g/mol. The summed E-state index contributed by atoms with van der Waals surface area (Å²) in [6, 6.07) is 2.91. The van der Waals surface area contributed by atoms with E-state index in [9.17, 15) is 9.18 Å². The number of pyridine rings is 2. The molecule has 22 heavy (non-hydrogen) atoms. The smallest absolute Gasteiger partial charge is 0.191 e. The van der Waals surface area contributed by atoms with Gasteiger partial charge in [-0.2, -0.15) is 0 Å². The number of nitrogens with zero attached hydrogens (tertiary/aromatic N) is 2. The number of aromatic nitrogens is 2. The lowest BCUT2D eigenvalue weighted by Gasteiger charge is -2.28. The largest absolute Gasteiger partial charge is 0.365 e. The third-order valence-corrected chi connectivity index (χ3v) is 4.53. The fraction of sp³-hybridized carbons (Fsp3) is 0.500. The van der Waals surface area contributed by atoms with Gasteiger partial charge in [0.1, 0.15) is 5.65 Å². The van der Waals surface area contributed by atoms with Crippen LogP contribution in [0.2, 0.25) is 0 Å². The molecule has 5 nitrogen and oxygen atoms in total. The van der Waals surface area contributed by atoms with Crippen LogP contribution in [0.15, 0.2) is 23.1 Å². The predicted octanol–water partition coefficient (Wildman–Crippen LogP) is 2.00. The Labute approximate surface area is 128 Å². The number of aryl methyl sites for hydroxylation is 1. The Kier molecular flexibility index (Phi) is 4.11. The fourth-order valence-corrected chi connectivity index (χ4v) is 3.11. The Bertz CT molecular complexity index is 735. The molecule has 6 heteroatoms. The van der Waals surface area contributed by atoms with Gasteiger partial charge in [-0.15, -0.1) is 0 Å². The van der Waals surface area contributed by atoms with Crippen LogP contribution in [-0.2, 0) is 7.05 Å². The molecule has 0 amide bonds. The minimum absolute atomic E-state index is 0.211. The zero-order valence-electron chi connectivity index (χ0n) is 12.7. The van der Waals surface area contributed by atoms with Gasteiger partial charge in [-0.05, 0) is 44.2 Å². The average molecular weight is 304 g/mol. The molecule has 1 aliphatic rings. The maximum absolute atomic E-state index is 14.2. The molecule has 0 unspecified atom stereocenters. The zero-order valence-corrected chi connectivity index (χ0v) is 12.7. The van der Waals surface area contributed by atoms with E-state index in [2.05, 4.69) is 10.3 Å².